The van der Waals surface area contributed by atoms with Gasteiger partial charge in [-0.05, 0) is 34.7 Å². The Balaban J connectivity index is 2.16. The average molecular weight is 374 g/mol. The zero-order valence-corrected chi connectivity index (χ0v) is 16.3. The van der Waals surface area contributed by atoms with Crippen molar-refractivity contribution in [2.24, 2.45) is 0 Å². The van der Waals surface area contributed by atoms with Crippen molar-refractivity contribution in [1.29, 1.82) is 0 Å². The van der Waals surface area contributed by atoms with E-state index in [9.17, 15) is 9.59 Å². The van der Waals surface area contributed by atoms with E-state index in [1.54, 1.807) is 18.2 Å². The van der Waals surface area contributed by atoms with Gasteiger partial charge in [-0.25, -0.2) is 4.79 Å². The van der Waals surface area contributed by atoms with E-state index >= 15 is 0 Å². The fourth-order valence-corrected chi connectivity index (χ4v) is 2.80. The smallest absolute Gasteiger partial charge is 0.328 e. The van der Waals surface area contributed by atoms with Gasteiger partial charge in [0.1, 0.15) is 6.04 Å². The SMILES string of the molecule is COC(=O)[C@H](Cc1ccccc1Cl)NC(=O)c1ccc(C(C)(C)C)cc1. The maximum Gasteiger partial charge on any atom is 0.328 e. The number of methoxy groups -OCH3 is 1. The summed E-state index contributed by atoms with van der Waals surface area (Å²) in [5, 5.41) is 3.29. The highest BCUT2D eigenvalue weighted by molar-refractivity contribution is 6.31. The van der Waals surface area contributed by atoms with Crippen LogP contribution in [0.3, 0.4) is 0 Å². The Morgan fingerprint density at radius 2 is 1.69 bits per heavy atom. The number of benzene rings is 2. The summed E-state index contributed by atoms with van der Waals surface area (Å²) in [6.07, 6.45) is 0.262. The fourth-order valence-electron chi connectivity index (χ4n) is 2.58. The van der Waals surface area contributed by atoms with Crippen LogP contribution in [0.15, 0.2) is 48.5 Å². The van der Waals surface area contributed by atoms with E-state index in [0.717, 1.165) is 11.1 Å². The minimum atomic E-state index is -0.810. The van der Waals surface area contributed by atoms with Crippen LogP contribution >= 0.6 is 11.6 Å². The highest BCUT2D eigenvalue weighted by Gasteiger charge is 2.24. The Hall–Kier alpha value is -2.33. The third-order valence-electron chi connectivity index (χ3n) is 4.19. The van der Waals surface area contributed by atoms with Crippen LogP contribution in [0.5, 0.6) is 0 Å². The summed E-state index contributed by atoms with van der Waals surface area (Å²) in [6.45, 7) is 6.33. The van der Waals surface area contributed by atoms with Gasteiger partial charge in [0.15, 0.2) is 0 Å². The zero-order valence-electron chi connectivity index (χ0n) is 15.5. The van der Waals surface area contributed by atoms with Gasteiger partial charge in [0.05, 0.1) is 7.11 Å². The molecule has 2 aromatic carbocycles. The maximum absolute atomic E-state index is 12.6. The molecule has 0 aliphatic rings. The predicted octanol–water partition coefficient (Wildman–Crippen LogP) is 4.15. The van der Waals surface area contributed by atoms with E-state index in [1.165, 1.54) is 7.11 Å². The lowest BCUT2D eigenvalue weighted by Gasteiger charge is -2.20. The van der Waals surface area contributed by atoms with Crippen LogP contribution in [0.25, 0.3) is 0 Å². The monoisotopic (exact) mass is 373 g/mol. The lowest BCUT2D eigenvalue weighted by atomic mass is 9.86. The first-order valence-corrected chi connectivity index (χ1v) is 8.83. The molecule has 0 fully saturated rings. The molecule has 0 saturated carbocycles. The molecule has 0 heterocycles. The molecule has 0 unspecified atom stereocenters. The topological polar surface area (TPSA) is 55.4 Å². The first-order valence-electron chi connectivity index (χ1n) is 8.45. The fraction of sp³-hybridized carbons (Fsp3) is 0.333. The van der Waals surface area contributed by atoms with Gasteiger partial charge in [0.2, 0.25) is 0 Å². The molecule has 5 heteroatoms. The molecule has 1 amide bonds. The molecular weight excluding hydrogens is 350 g/mol. The number of ether oxygens (including phenoxy) is 1. The van der Waals surface area contributed by atoms with E-state index in [4.69, 9.17) is 16.3 Å². The lowest BCUT2D eigenvalue weighted by molar-refractivity contribution is -0.142. The summed E-state index contributed by atoms with van der Waals surface area (Å²) in [6, 6.07) is 13.8. The van der Waals surface area contributed by atoms with Crippen molar-refractivity contribution in [1.82, 2.24) is 5.32 Å². The second kappa shape index (κ2) is 8.37. The molecule has 26 heavy (non-hydrogen) atoms. The lowest BCUT2D eigenvalue weighted by Crippen LogP contribution is -2.43. The molecule has 4 nitrogen and oxygen atoms in total. The van der Waals surface area contributed by atoms with E-state index in [2.05, 4.69) is 26.1 Å². The maximum atomic E-state index is 12.6. The van der Waals surface area contributed by atoms with Crippen molar-refractivity contribution in [3.8, 4) is 0 Å². The molecule has 0 aliphatic heterocycles. The molecule has 0 bridgehead atoms. The Kier molecular flexibility index (Phi) is 6.43. The van der Waals surface area contributed by atoms with Crippen LogP contribution in [-0.4, -0.2) is 25.0 Å². The Morgan fingerprint density at radius 3 is 2.23 bits per heavy atom. The standard InChI is InChI=1S/C21H24ClNO3/c1-21(2,3)16-11-9-14(10-12-16)19(24)23-18(20(25)26-4)13-15-7-5-6-8-17(15)22/h5-12,18H,13H2,1-4H3,(H,23,24)/t18-/m0/s1. The molecule has 1 atom stereocenters. The number of nitrogens with one attached hydrogen (secondary N) is 1. The van der Waals surface area contributed by atoms with Crippen LogP contribution in [0.2, 0.25) is 5.02 Å². The first-order chi connectivity index (χ1) is 12.2. The number of halogens is 1. The first kappa shape index (κ1) is 20.0. The summed E-state index contributed by atoms with van der Waals surface area (Å²) in [5.41, 5.74) is 2.40. The van der Waals surface area contributed by atoms with Crippen LogP contribution < -0.4 is 5.32 Å². The molecule has 2 rings (SSSR count). The second-order valence-electron chi connectivity index (χ2n) is 7.17. The molecule has 0 radical (unpaired) electrons. The van der Waals surface area contributed by atoms with Crippen molar-refractivity contribution in [3.05, 3.63) is 70.2 Å². The highest BCUT2D eigenvalue weighted by atomic mass is 35.5. The third-order valence-corrected chi connectivity index (χ3v) is 4.55. The van der Waals surface area contributed by atoms with Gasteiger partial charge in [-0.3, -0.25) is 4.79 Å². The molecular formula is C21H24ClNO3. The van der Waals surface area contributed by atoms with Crippen molar-refractivity contribution in [2.75, 3.05) is 7.11 Å². The minimum absolute atomic E-state index is 0.00756. The summed E-state index contributed by atoms with van der Waals surface area (Å²) in [5.74, 6) is -0.836. The molecule has 0 spiro atoms. The van der Waals surface area contributed by atoms with Gasteiger partial charge < -0.3 is 10.1 Å². The average Bonchev–Trinajstić information content (AvgIpc) is 2.61. The highest BCUT2D eigenvalue weighted by Crippen LogP contribution is 2.22. The van der Waals surface area contributed by atoms with Crippen LogP contribution in [-0.2, 0) is 21.4 Å². The molecule has 0 aliphatic carbocycles. The van der Waals surface area contributed by atoms with Crippen molar-refractivity contribution in [3.63, 3.8) is 0 Å². The molecule has 0 aromatic heterocycles. The minimum Gasteiger partial charge on any atom is -0.467 e. The Labute approximate surface area is 159 Å². The summed E-state index contributed by atoms with van der Waals surface area (Å²) >= 11 is 6.17. The van der Waals surface area contributed by atoms with Gasteiger partial charge in [0.25, 0.3) is 5.91 Å². The zero-order chi connectivity index (χ0) is 19.3. The molecule has 2 aromatic rings. The number of amides is 1. The number of hydrogen-bond donors (Lipinski definition) is 1. The van der Waals surface area contributed by atoms with E-state index in [1.807, 2.05) is 30.3 Å². The number of esters is 1. The Morgan fingerprint density at radius 1 is 1.08 bits per heavy atom. The van der Waals surface area contributed by atoms with Crippen LogP contribution in [0, 0.1) is 0 Å². The molecule has 138 valence electrons. The number of carbonyl (C=O) groups excluding carboxylic acids is 2. The third kappa shape index (κ3) is 5.09. The van der Waals surface area contributed by atoms with Crippen molar-refractivity contribution >= 4 is 23.5 Å². The van der Waals surface area contributed by atoms with E-state index < -0.39 is 12.0 Å². The second-order valence-corrected chi connectivity index (χ2v) is 7.58. The van der Waals surface area contributed by atoms with E-state index in [0.29, 0.717) is 10.6 Å². The summed E-state index contributed by atoms with van der Waals surface area (Å²) < 4.78 is 4.83. The number of rotatable bonds is 5. The predicted molar refractivity (Wildman–Crippen MR) is 104 cm³/mol. The largest absolute Gasteiger partial charge is 0.467 e. The van der Waals surface area contributed by atoms with E-state index in [-0.39, 0.29) is 17.7 Å². The van der Waals surface area contributed by atoms with Crippen LogP contribution in [0.4, 0.5) is 0 Å². The summed E-state index contributed by atoms with van der Waals surface area (Å²) in [4.78, 5) is 24.7. The molecule has 1 N–H and O–H groups in total. The van der Waals surface area contributed by atoms with Crippen LogP contribution in [0.1, 0.15) is 42.3 Å². The molecule has 0 saturated heterocycles. The van der Waals surface area contributed by atoms with Crippen molar-refractivity contribution < 1.29 is 14.3 Å². The summed E-state index contributed by atoms with van der Waals surface area (Å²) in [7, 11) is 1.30. The van der Waals surface area contributed by atoms with Gasteiger partial charge in [-0.2, -0.15) is 0 Å². The number of carbonyl (C=O) groups is 2. The Bertz CT molecular complexity index is 779. The number of hydrogen-bond acceptors (Lipinski definition) is 3. The normalized spacial score (nSPS) is 12.3. The van der Waals surface area contributed by atoms with Gasteiger partial charge in [0, 0.05) is 17.0 Å². The quantitative estimate of drug-likeness (QED) is 0.801. The van der Waals surface area contributed by atoms with Gasteiger partial charge in [-0.1, -0.05) is 62.7 Å². The van der Waals surface area contributed by atoms with Gasteiger partial charge in [-0.15, -0.1) is 0 Å². The van der Waals surface area contributed by atoms with Crippen molar-refractivity contribution in [2.45, 2.75) is 38.6 Å². The van der Waals surface area contributed by atoms with Gasteiger partial charge >= 0.3 is 5.97 Å².